The van der Waals surface area contributed by atoms with Gasteiger partial charge in [-0.1, -0.05) is 110 Å². The van der Waals surface area contributed by atoms with E-state index in [2.05, 4.69) is 45.0 Å². The first-order chi connectivity index (χ1) is 12.8. The van der Waals surface area contributed by atoms with Crippen molar-refractivity contribution in [2.45, 2.75) is 111 Å². The number of aryl methyl sites for hydroxylation is 1. The van der Waals surface area contributed by atoms with Crippen molar-refractivity contribution in [2.24, 2.45) is 5.92 Å². The third-order valence-electron chi connectivity index (χ3n) is 5.40. The minimum absolute atomic E-state index is 0.729. The summed E-state index contributed by atoms with van der Waals surface area (Å²) in [6.07, 6.45) is 18.8. The van der Waals surface area contributed by atoms with Crippen molar-refractivity contribution in [2.75, 3.05) is 6.61 Å². The summed E-state index contributed by atoms with van der Waals surface area (Å²) < 4.78 is 6.30. The zero-order valence-electron chi connectivity index (χ0n) is 17.9. The van der Waals surface area contributed by atoms with Crippen LogP contribution in [0.2, 0.25) is 0 Å². The van der Waals surface area contributed by atoms with E-state index in [4.69, 9.17) is 4.74 Å². The topological polar surface area (TPSA) is 9.23 Å². The summed E-state index contributed by atoms with van der Waals surface area (Å²) in [5.74, 6) is 1.85. The highest BCUT2D eigenvalue weighted by molar-refractivity contribution is 5.33. The van der Waals surface area contributed by atoms with E-state index in [0.29, 0.717) is 0 Å². The van der Waals surface area contributed by atoms with Crippen LogP contribution in [0, 0.1) is 5.92 Å². The smallest absolute Gasteiger partial charge is 0.122 e. The fourth-order valence-electron chi connectivity index (χ4n) is 3.71. The molecule has 26 heavy (non-hydrogen) atoms. The number of benzene rings is 1. The van der Waals surface area contributed by atoms with E-state index in [-0.39, 0.29) is 0 Å². The predicted molar refractivity (Wildman–Crippen MR) is 116 cm³/mol. The highest BCUT2D eigenvalue weighted by Crippen LogP contribution is 2.24. The van der Waals surface area contributed by atoms with Crippen LogP contribution in [0.4, 0.5) is 0 Å². The lowest BCUT2D eigenvalue weighted by molar-refractivity contribution is 0.222. The molecule has 0 aromatic heterocycles. The van der Waals surface area contributed by atoms with Gasteiger partial charge in [0.25, 0.3) is 0 Å². The Morgan fingerprint density at radius 3 is 1.92 bits per heavy atom. The summed E-state index contributed by atoms with van der Waals surface area (Å²) in [7, 11) is 0. The molecule has 1 atom stereocenters. The van der Waals surface area contributed by atoms with Gasteiger partial charge in [0.05, 0.1) is 6.61 Å². The maximum absolute atomic E-state index is 6.30. The van der Waals surface area contributed by atoms with Gasteiger partial charge in [-0.3, -0.25) is 0 Å². The van der Waals surface area contributed by atoms with Crippen molar-refractivity contribution < 1.29 is 4.74 Å². The molecule has 0 spiro atoms. The van der Waals surface area contributed by atoms with E-state index in [1.807, 2.05) is 0 Å². The van der Waals surface area contributed by atoms with E-state index in [9.17, 15) is 0 Å². The van der Waals surface area contributed by atoms with Crippen LogP contribution in [-0.4, -0.2) is 6.61 Å². The maximum Gasteiger partial charge on any atom is 0.122 e. The number of hydrogen-bond donors (Lipinski definition) is 0. The first kappa shape index (κ1) is 23.1. The second-order valence-corrected chi connectivity index (χ2v) is 7.94. The van der Waals surface area contributed by atoms with Gasteiger partial charge in [0, 0.05) is 0 Å². The van der Waals surface area contributed by atoms with Crippen molar-refractivity contribution in [3.05, 3.63) is 29.8 Å². The Morgan fingerprint density at radius 1 is 0.692 bits per heavy atom. The Kier molecular flexibility index (Phi) is 14.4. The molecule has 0 bridgehead atoms. The Morgan fingerprint density at radius 2 is 1.27 bits per heavy atom. The van der Waals surface area contributed by atoms with Crippen molar-refractivity contribution >= 4 is 0 Å². The van der Waals surface area contributed by atoms with E-state index >= 15 is 0 Å². The van der Waals surface area contributed by atoms with Gasteiger partial charge in [0.2, 0.25) is 0 Å². The van der Waals surface area contributed by atoms with Gasteiger partial charge in [-0.25, -0.2) is 0 Å². The third-order valence-corrected chi connectivity index (χ3v) is 5.40. The zero-order valence-corrected chi connectivity index (χ0v) is 17.9. The molecule has 0 radical (unpaired) electrons. The SMILES string of the molecule is CCCCCCCCC(CCCCCC)COc1ccccc1CCC. The molecular formula is C25H44O. The fraction of sp³-hybridized carbons (Fsp3) is 0.760. The van der Waals surface area contributed by atoms with Crippen LogP contribution in [-0.2, 0) is 6.42 Å². The molecule has 1 aromatic rings. The normalized spacial score (nSPS) is 12.3. The third kappa shape index (κ3) is 10.9. The molecule has 150 valence electrons. The molecule has 1 unspecified atom stereocenters. The zero-order chi connectivity index (χ0) is 18.9. The van der Waals surface area contributed by atoms with Gasteiger partial charge in [0.15, 0.2) is 0 Å². The highest BCUT2D eigenvalue weighted by Gasteiger charge is 2.11. The number of rotatable bonds is 17. The Balaban J connectivity index is 2.42. The van der Waals surface area contributed by atoms with Gasteiger partial charge in [-0.2, -0.15) is 0 Å². The highest BCUT2D eigenvalue weighted by atomic mass is 16.5. The summed E-state index contributed by atoms with van der Waals surface area (Å²) in [5, 5.41) is 0. The molecule has 0 amide bonds. The number of ether oxygens (including phenoxy) is 1. The van der Waals surface area contributed by atoms with Crippen molar-refractivity contribution in [1.82, 2.24) is 0 Å². The van der Waals surface area contributed by atoms with Crippen LogP contribution in [0.1, 0.15) is 110 Å². The van der Waals surface area contributed by atoms with Crippen LogP contribution in [0.3, 0.4) is 0 Å². The summed E-state index contributed by atoms with van der Waals surface area (Å²) in [6.45, 7) is 7.73. The van der Waals surface area contributed by atoms with Gasteiger partial charge in [-0.05, 0) is 36.8 Å². The second-order valence-electron chi connectivity index (χ2n) is 7.94. The first-order valence-corrected chi connectivity index (χ1v) is 11.5. The minimum Gasteiger partial charge on any atom is -0.493 e. The van der Waals surface area contributed by atoms with Crippen molar-refractivity contribution in [3.63, 3.8) is 0 Å². The molecule has 1 heteroatoms. The van der Waals surface area contributed by atoms with Crippen LogP contribution in [0.5, 0.6) is 5.75 Å². The average Bonchev–Trinajstić information content (AvgIpc) is 2.66. The summed E-state index contributed by atoms with van der Waals surface area (Å²) in [5.41, 5.74) is 1.37. The van der Waals surface area contributed by atoms with E-state index < -0.39 is 0 Å². The summed E-state index contributed by atoms with van der Waals surface area (Å²) in [6, 6.07) is 8.63. The fourth-order valence-corrected chi connectivity index (χ4v) is 3.71. The van der Waals surface area contributed by atoms with E-state index in [1.54, 1.807) is 0 Å². The maximum atomic E-state index is 6.30. The lowest BCUT2D eigenvalue weighted by atomic mass is 9.95. The largest absolute Gasteiger partial charge is 0.493 e. The number of para-hydroxylation sites is 1. The number of unbranched alkanes of at least 4 members (excludes halogenated alkanes) is 8. The number of hydrogen-bond acceptors (Lipinski definition) is 1. The molecule has 0 heterocycles. The Hall–Kier alpha value is -0.980. The molecule has 0 fully saturated rings. The lowest BCUT2D eigenvalue weighted by Gasteiger charge is -2.19. The summed E-state index contributed by atoms with van der Waals surface area (Å²) in [4.78, 5) is 0. The van der Waals surface area contributed by atoms with E-state index in [0.717, 1.165) is 24.7 Å². The second kappa shape index (κ2) is 16.2. The Bertz CT molecular complexity index is 426. The van der Waals surface area contributed by atoms with Gasteiger partial charge in [0.1, 0.15) is 5.75 Å². The molecular weight excluding hydrogens is 316 g/mol. The van der Waals surface area contributed by atoms with Crippen LogP contribution >= 0.6 is 0 Å². The van der Waals surface area contributed by atoms with Crippen molar-refractivity contribution in [3.8, 4) is 5.75 Å². The quantitative estimate of drug-likeness (QED) is 0.254. The van der Waals surface area contributed by atoms with Gasteiger partial charge < -0.3 is 4.74 Å². The molecule has 1 aromatic carbocycles. The molecule has 0 aliphatic carbocycles. The lowest BCUT2D eigenvalue weighted by Crippen LogP contribution is -2.13. The first-order valence-electron chi connectivity index (χ1n) is 11.5. The molecule has 0 saturated heterocycles. The van der Waals surface area contributed by atoms with Crippen molar-refractivity contribution in [1.29, 1.82) is 0 Å². The van der Waals surface area contributed by atoms with Crippen LogP contribution in [0.15, 0.2) is 24.3 Å². The molecule has 0 aliphatic rings. The molecule has 0 aliphatic heterocycles. The molecule has 1 nitrogen and oxygen atoms in total. The minimum atomic E-state index is 0.729. The summed E-state index contributed by atoms with van der Waals surface area (Å²) >= 11 is 0. The standard InChI is InChI=1S/C25H44O/c1-4-7-9-11-12-14-19-23(18-13-10-8-5-2)22-26-25-21-16-15-20-24(25)17-6-3/h15-16,20-21,23H,4-14,17-19,22H2,1-3H3. The average molecular weight is 361 g/mol. The molecule has 1 rings (SSSR count). The van der Waals surface area contributed by atoms with Gasteiger partial charge >= 0.3 is 0 Å². The van der Waals surface area contributed by atoms with Crippen LogP contribution in [0.25, 0.3) is 0 Å². The molecule has 0 saturated carbocycles. The monoisotopic (exact) mass is 360 g/mol. The van der Waals surface area contributed by atoms with E-state index in [1.165, 1.54) is 89.0 Å². The Labute approximate surface area is 163 Å². The predicted octanol–water partition coefficient (Wildman–Crippen LogP) is 8.36. The van der Waals surface area contributed by atoms with Crippen LogP contribution < -0.4 is 4.74 Å². The van der Waals surface area contributed by atoms with Gasteiger partial charge in [-0.15, -0.1) is 0 Å². The molecule has 0 N–H and O–H groups in total.